The van der Waals surface area contributed by atoms with Crippen molar-refractivity contribution in [3.05, 3.63) is 36.0 Å². The number of hydrogen-bond acceptors (Lipinski definition) is 8. The standard InChI is InChI=1S/C14H19BN2O7S/c1-11-9-14(24-16-11)17(10-23-8-7-22-2)25(20,21)13-6-4-3-5-12(13)15(18)19/h3-6,9,18-19H,7-8,10H2,1-2H3. The molecule has 0 aliphatic carbocycles. The van der Waals surface area contributed by atoms with Crippen molar-refractivity contribution in [3.63, 3.8) is 0 Å². The zero-order chi connectivity index (χ0) is 18.4. The van der Waals surface area contributed by atoms with Gasteiger partial charge < -0.3 is 24.0 Å². The molecular formula is C14H19BN2O7S. The number of ether oxygens (including phenoxy) is 2. The van der Waals surface area contributed by atoms with Crippen molar-refractivity contribution in [2.24, 2.45) is 0 Å². The average molecular weight is 370 g/mol. The van der Waals surface area contributed by atoms with E-state index in [9.17, 15) is 18.5 Å². The van der Waals surface area contributed by atoms with Crippen LogP contribution in [0.4, 0.5) is 5.88 Å². The molecule has 0 spiro atoms. The van der Waals surface area contributed by atoms with Crippen LogP contribution in [0.3, 0.4) is 0 Å². The Kier molecular flexibility index (Phi) is 6.56. The Labute approximate surface area is 146 Å². The SMILES string of the molecule is COCCOCN(c1cc(C)no1)S(=O)(=O)c1ccccc1B(O)O. The second-order valence-electron chi connectivity index (χ2n) is 5.10. The van der Waals surface area contributed by atoms with E-state index in [2.05, 4.69) is 5.16 Å². The quantitative estimate of drug-likeness (QED) is 0.343. The third kappa shape index (κ3) is 4.58. The highest BCUT2D eigenvalue weighted by Gasteiger charge is 2.32. The maximum absolute atomic E-state index is 13.0. The molecule has 0 fully saturated rings. The van der Waals surface area contributed by atoms with E-state index in [1.165, 1.54) is 37.4 Å². The lowest BCUT2D eigenvalue weighted by molar-refractivity contribution is 0.0744. The van der Waals surface area contributed by atoms with Crippen LogP contribution in [-0.4, -0.2) is 57.8 Å². The van der Waals surface area contributed by atoms with Crippen molar-refractivity contribution in [1.82, 2.24) is 5.16 Å². The fourth-order valence-electron chi connectivity index (χ4n) is 2.06. The smallest absolute Gasteiger partial charge is 0.423 e. The molecule has 0 saturated heterocycles. The number of aromatic nitrogens is 1. The fourth-order valence-corrected chi connectivity index (χ4v) is 3.55. The van der Waals surface area contributed by atoms with Gasteiger partial charge in [0, 0.05) is 18.6 Å². The van der Waals surface area contributed by atoms with Gasteiger partial charge in [-0.25, -0.2) is 12.7 Å². The molecule has 0 amide bonds. The summed E-state index contributed by atoms with van der Waals surface area (Å²) < 4.78 is 42.2. The second-order valence-corrected chi connectivity index (χ2v) is 6.93. The first-order chi connectivity index (χ1) is 11.9. The molecule has 25 heavy (non-hydrogen) atoms. The monoisotopic (exact) mass is 370 g/mol. The summed E-state index contributed by atoms with van der Waals surface area (Å²) in [5.41, 5.74) is 0.336. The van der Waals surface area contributed by atoms with Crippen molar-refractivity contribution in [2.45, 2.75) is 11.8 Å². The number of hydrogen-bond donors (Lipinski definition) is 2. The fraction of sp³-hybridized carbons (Fsp3) is 0.357. The van der Waals surface area contributed by atoms with E-state index in [1.54, 1.807) is 6.92 Å². The second kappa shape index (κ2) is 8.45. The first-order valence-electron chi connectivity index (χ1n) is 7.35. The lowest BCUT2D eigenvalue weighted by Gasteiger charge is -2.22. The van der Waals surface area contributed by atoms with Gasteiger partial charge in [0.1, 0.15) is 6.73 Å². The lowest BCUT2D eigenvalue weighted by Crippen LogP contribution is -2.40. The van der Waals surface area contributed by atoms with Crippen molar-refractivity contribution in [3.8, 4) is 0 Å². The number of methoxy groups -OCH3 is 1. The highest BCUT2D eigenvalue weighted by atomic mass is 32.2. The maximum Gasteiger partial charge on any atom is 0.489 e. The minimum Gasteiger partial charge on any atom is -0.423 e. The molecule has 0 aliphatic rings. The molecule has 0 bridgehead atoms. The molecule has 2 rings (SSSR count). The molecule has 1 heterocycles. The van der Waals surface area contributed by atoms with E-state index in [1.807, 2.05) is 0 Å². The topological polar surface area (TPSA) is 122 Å². The summed E-state index contributed by atoms with van der Waals surface area (Å²) in [5, 5.41) is 22.6. The number of benzene rings is 1. The third-order valence-corrected chi connectivity index (χ3v) is 5.06. The zero-order valence-corrected chi connectivity index (χ0v) is 14.6. The van der Waals surface area contributed by atoms with E-state index < -0.39 is 17.1 Å². The predicted molar refractivity (Wildman–Crippen MR) is 89.9 cm³/mol. The van der Waals surface area contributed by atoms with Crippen LogP contribution >= 0.6 is 0 Å². The molecule has 0 aliphatic heterocycles. The zero-order valence-electron chi connectivity index (χ0n) is 13.8. The summed E-state index contributed by atoms with van der Waals surface area (Å²) in [5.74, 6) is -0.0443. The van der Waals surface area contributed by atoms with Gasteiger partial charge in [0.05, 0.1) is 23.8 Å². The van der Waals surface area contributed by atoms with Gasteiger partial charge in [0.25, 0.3) is 10.0 Å². The highest BCUT2D eigenvalue weighted by Crippen LogP contribution is 2.23. The summed E-state index contributed by atoms with van der Waals surface area (Å²) in [4.78, 5) is -0.269. The molecule has 2 N–H and O–H groups in total. The van der Waals surface area contributed by atoms with E-state index in [0.29, 0.717) is 5.69 Å². The van der Waals surface area contributed by atoms with E-state index in [-0.39, 0.29) is 36.2 Å². The molecule has 1 aromatic carbocycles. The molecule has 0 atom stereocenters. The number of aryl methyl sites for hydroxylation is 1. The van der Waals surface area contributed by atoms with Crippen LogP contribution < -0.4 is 9.77 Å². The molecule has 0 unspecified atom stereocenters. The Bertz CT molecular complexity index is 794. The van der Waals surface area contributed by atoms with Gasteiger partial charge in [-0.2, -0.15) is 0 Å². The van der Waals surface area contributed by atoms with Gasteiger partial charge in [0.15, 0.2) is 0 Å². The van der Waals surface area contributed by atoms with Gasteiger partial charge in [-0.3, -0.25) is 0 Å². The maximum atomic E-state index is 13.0. The minimum atomic E-state index is -4.19. The number of nitrogens with zero attached hydrogens (tertiary/aromatic N) is 2. The van der Waals surface area contributed by atoms with Crippen molar-refractivity contribution in [1.29, 1.82) is 0 Å². The average Bonchev–Trinajstić information content (AvgIpc) is 3.00. The van der Waals surface area contributed by atoms with Crippen molar-refractivity contribution in [2.75, 3.05) is 31.4 Å². The van der Waals surface area contributed by atoms with Crippen LogP contribution in [0.1, 0.15) is 5.69 Å². The number of anilines is 1. The van der Waals surface area contributed by atoms with Crippen LogP contribution in [0.2, 0.25) is 0 Å². The molecule has 2 aromatic rings. The first kappa shape index (κ1) is 19.4. The Morgan fingerprint density at radius 2 is 2.00 bits per heavy atom. The summed E-state index contributed by atoms with van der Waals surface area (Å²) in [6, 6.07) is 7.01. The number of rotatable bonds is 9. The molecular weight excluding hydrogens is 351 g/mol. The van der Waals surface area contributed by atoms with Crippen LogP contribution in [0.5, 0.6) is 0 Å². The van der Waals surface area contributed by atoms with Gasteiger partial charge >= 0.3 is 7.12 Å². The molecule has 1 aromatic heterocycles. The lowest BCUT2D eigenvalue weighted by atomic mass is 9.80. The molecule has 11 heteroatoms. The summed E-state index contributed by atoms with van der Waals surface area (Å²) in [6.45, 7) is 1.75. The summed E-state index contributed by atoms with van der Waals surface area (Å²) in [7, 11) is -4.64. The molecule has 136 valence electrons. The Morgan fingerprint density at radius 1 is 1.28 bits per heavy atom. The van der Waals surface area contributed by atoms with Gasteiger partial charge in [-0.15, -0.1) is 0 Å². The van der Waals surface area contributed by atoms with Gasteiger partial charge in [-0.1, -0.05) is 23.4 Å². The minimum absolute atomic E-state index is 0.0443. The van der Waals surface area contributed by atoms with E-state index in [4.69, 9.17) is 14.0 Å². The van der Waals surface area contributed by atoms with Crippen LogP contribution in [0.15, 0.2) is 39.8 Å². The Hall–Kier alpha value is -1.92. The van der Waals surface area contributed by atoms with Crippen LogP contribution in [-0.2, 0) is 19.5 Å². The predicted octanol–water partition coefficient (Wildman–Crippen LogP) is -0.521. The Morgan fingerprint density at radius 3 is 2.60 bits per heavy atom. The normalized spacial score (nSPS) is 11.5. The van der Waals surface area contributed by atoms with Crippen molar-refractivity contribution >= 4 is 28.5 Å². The summed E-state index contributed by atoms with van der Waals surface area (Å²) in [6.07, 6.45) is 0. The van der Waals surface area contributed by atoms with Crippen LogP contribution in [0, 0.1) is 6.92 Å². The van der Waals surface area contributed by atoms with Gasteiger partial charge in [-0.05, 0) is 13.0 Å². The Balaban J connectivity index is 2.41. The van der Waals surface area contributed by atoms with Gasteiger partial charge in [0.2, 0.25) is 5.88 Å². The molecule has 9 nitrogen and oxygen atoms in total. The largest absolute Gasteiger partial charge is 0.489 e. The third-order valence-electron chi connectivity index (χ3n) is 3.27. The van der Waals surface area contributed by atoms with Crippen LogP contribution in [0.25, 0.3) is 0 Å². The summed E-state index contributed by atoms with van der Waals surface area (Å²) >= 11 is 0. The first-order valence-corrected chi connectivity index (χ1v) is 8.79. The van der Waals surface area contributed by atoms with Crippen molar-refractivity contribution < 1.29 is 32.5 Å². The highest BCUT2D eigenvalue weighted by molar-refractivity contribution is 7.93. The molecule has 0 saturated carbocycles. The molecule has 0 radical (unpaired) electrons. The number of sulfonamides is 1. The van der Waals surface area contributed by atoms with E-state index in [0.717, 1.165) is 4.31 Å². The van der Waals surface area contributed by atoms with E-state index >= 15 is 0 Å².